The average Bonchev–Trinajstić information content (AvgIpc) is 2.27. The fraction of sp³-hybridized carbons (Fsp3) is 0.571. The predicted molar refractivity (Wildman–Crippen MR) is 68.8 cm³/mol. The van der Waals surface area contributed by atoms with Crippen molar-refractivity contribution in [2.24, 2.45) is 0 Å². The third kappa shape index (κ3) is 4.23. The molecular formula is C14H23NO. The maximum Gasteiger partial charge on any atom is 0.119 e. The molecule has 0 aliphatic rings. The monoisotopic (exact) mass is 221 g/mol. The van der Waals surface area contributed by atoms with Gasteiger partial charge in [0.15, 0.2) is 0 Å². The van der Waals surface area contributed by atoms with Crippen LogP contribution in [0.25, 0.3) is 0 Å². The molecule has 2 heteroatoms. The van der Waals surface area contributed by atoms with E-state index in [2.05, 4.69) is 38.2 Å². The van der Waals surface area contributed by atoms with Gasteiger partial charge in [0.05, 0.1) is 7.11 Å². The molecule has 0 saturated heterocycles. The van der Waals surface area contributed by atoms with E-state index in [0.717, 1.165) is 12.3 Å². The Kier molecular flexibility index (Phi) is 4.81. The van der Waals surface area contributed by atoms with Gasteiger partial charge in [0.1, 0.15) is 5.75 Å². The van der Waals surface area contributed by atoms with Crippen LogP contribution in [0.5, 0.6) is 5.75 Å². The van der Waals surface area contributed by atoms with Crippen molar-refractivity contribution in [3.63, 3.8) is 0 Å². The van der Waals surface area contributed by atoms with Gasteiger partial charge in [0, 0.05) is 12.1 Å². The average molecular weight is 221 g/mol. The van der Waals surface area contributed by atoms with Crippen LogP contribution < -0.4 is 10.1 Å². The topological polar surface area (TPSA) is 21.3 Å². The molecule has 0 heterocycles. The van der Waals surface area contributed by atoms with E-state index < -0.39 is 0 Å². The lowest BCUT2D eigenvalue weighted by molar-refractivity contribution is 0.356. The molecule has 1 aromatic carbocycles. The van der Waals surface area contributed by atoms with Crippen LogP contribution in [0, 0.1) is 0 Å². The number of hydrogen-bond donors (Lipinski definition) is 1. The van der Waals surface area contributed by atoms with E-state index in [9.17, 15) is 0 Å². The van der Waals surface area contributed by atoms with Gasteiger partial charge in [-0.05, 0) is 38.0 Å². The SMILES string of the molecule is CCCC(C)(C)NCc1cccc(OC)c1. The smallest absolute Gasteiger partial charge is 0.119 e. The molecule has 0 aliphatic heterocycles. The molecule has 0 saturated carbocycles. The first kappa shape index (κ1) is 13.0. The normalized spacial score (nSPS) is 11.5. The Hall–Kier alpha value is -1.02. The minimum Gasteiger partial charge on any atom is -0.497 e. The molecule has 16 heavy (non-hydrogen) atoms. The fourth-order valence-electron chi connectivity index (χ4n) is 1.84. The van der Waals surface area contributed by atoms with Gasteiger partial charge in [-0.15, -0.1) is 0 Å². The van der Waals surface area contributed by atoms with Crippen molar-refractivity contribution in [2.45, 2.75) is 45.7 Å². The van der Waals surface area contributed by atoms with Gasteiger partial charge in [-0.1, -0.05) is 25.5 Å². The van der Waals surface area contributed by atoms with Crippen LogP contribution in [0.2, 0.25) is 0 Å². The first-order valence-corrected chi connectivity index (χ1v) is 5.95. The molecule has 0 aliphatic carbocycles. The van der Waals surface area contributed by atoms with Crippen molar-refractivity contribution in [1.82, 2.24) is 5.32 Å². The molecule has 0 atom stereocenters. The Labute approximate surface area is 99.0 Å². The Morgan fingerprint density at radius 1 is 1.31 bits per heavy atom. The maximum absolute atomic E-state index is 5.21. The molecule has 0 fully saturated rings. The number of nitrogens with one attached hydrogen (secondary N) is 1. The highest BCUT2D eigenvalue weighted by atomic mass is 16.5. The summed E-state index contributed by atoms with van der Waals surface area (Å²) in [6.07, 6.45) is 2.40. The van der Waals surface area contributed by atoms with Crippen LogP contribution >= 0.6 is 0 Å². The number of rotatable bonds is 6. The van der Waals surface area contributed by atoms with Gasteiger partial charge in [-0.25, -0.2) is 0 Å². The van der Waals surface area contributed by atoms with Crippen LogP contribution in [0.15, 0.2) is 24.3 Å². The summed E-state index contributed by atoms with van der Waals surface area (Å²) in [4.78, 5) is 0. The summed E-state index contributed by atoms with van der Waals surface area (Å²) >= 11 is 0. The molecule has 1 N–H and O–H groups in total. The van der Waals surface area contributed by atoms with E-state index in [4.69, 9.17) is 4.74 Å². The minimum atomic E-state index is 0.206. The van der Waals surface area contributed by atoms with Crippen LogP contribution in [0.3, 0.4) is 0 Å². The highest BCUT2D eigenvalue weighted by molar-refractivity contribution is 5.28. The molecule has 1 aromatic rings. The first-order chi connectivity index (χ1) is 7.57. The molecule has 1 rings (SSSR count). The second kappa shape index (κ2) is 5.90. The summed E-state index contributed by atoms with van der Waals surface area (Å²) < 4.78 is 5.21. The summed E-state index contributed by atoms with van der Waals surface area (Å²) in [5.74, 6) is 0.924. The summed E-state index contributed by atoms with van der Waals surface area (Å²) in [6.45, 7) is 7.60. The Morgan fingerprint density at radius 2 is 2.06 bits per heavy atom. The van der Waals surface area contributed by atoms with Gasteiger partial charge in [-0.2, -0.15) is 0 Å². The molecule has 0 unspecified atom stereocenters. The molecule has 0 spiro atoms. The van der Waals surface area contributed by atoms with E-state index in [1.807, 2.05) is 12.1 Å². The van der Waals surface area contributed by atoms with Gasteiger partial charge < -0.3 is 10.1 Å². The molecule has 2 nitrogen and oxygen atoms in total. The van der Waals surface area contributed by atoms with E-state index in [1.54, 1.807) is 7.11 Å². The summed E-state index contributed by atoms with van der Waals surface area (Å²) in [5, 5.41) is 3.57. The Bertz CT molecular complexity index is 320. The lowest BCUT2D eigenvalue weighted by Gasteiger charge is -2.26. The highest BCUT2D eigenvalue weighted by Crippen LogP contribution is 2.15. The highest BCUT2D eigenvalue weighted by Gasteiger charge is 2.14. The summed E-state index contributed by atoms with van der Waals surface area (Å²) in [7, 11) is 1.70. The second-order valence-corrected chi connectivity index (χ2v) is 4.84. The standard InChI is InChI=1S/C14H23NO/c1-5-9-14(2,3)15-11-12-7-6-8-13(10-12)16-4/h6-8,10,15H,5,9,11H2,1-4H3. The largest absolute Gasteiger partial charge is 0.497 e. The molecular weight excluding hydrogens is 198 g/mol. The van der Waals surface area contributed by atoms with Crippen molar-refractivity contribution >= 4 is 0 Å². The number of benzene rings is 1. The van der Waals surface area contributed by atoms with Gasteiger partial charge >= 0.3 is 0 Å². The number of ether oxygens (including phenoxy) is 1. The zero-order valence-corrected chi connectivity index (χ0v) is 10.8. The zero-order chi connectivity index (χ0) is 12.0. The lowest BCUT2D eigenvalue weighted by atomic mass is 9.98. The van der Waals surface area contributed by atoms with Crippen molar-refractivity contribution < 1.29 is 4.74 Å². The Morgan fingerprint density at radius 3 is 2.69 bits per heavy atom. The van der Waals surface area contributed by atoms with Crippen LogP contribution in [-0.2, 0) is 6.54 Å². The predicted octanol–water partition coefficient (Wildman–Crippen LogP) is 3.36. The van der Waals surface area contributed by atoms with E-state index in [1.165, 1.54) is 18.4 Å². The maximum atomic E-state index is 5.21. The van der Waals surface area contributed by atoms with Gasteiger partial charge in [0.2, 0.25) is 0 Å². The van der Waals surface area contributed by atoms with E-state index in [0.29, 0.717) is 0 Å². The van der Waals surface area contributed by atoms with Gasteiger partial charge in [-0.3, -0.25) is 0 Å². The van der Waals surface area contributed by atoms with E-state index >= 15 is 0 Å². The first-order valence-electron chi connectivity index (χ1n) is 5.95. The number of methoxy groups -OCH3 is 1. The number of hydrogen-bond acceptors (Lipinski definition) is 2. The van der Waals surface area contributed by atoms with Crippen molar-refractivity contribution in [3.05, 3.63) is 29.8 Å². The lowest BCUT2D eigenvalue weighted by Crippen LogP contribution is -2.38. The van der Waals surface area contributed by atoms with Gasteiger partial charge in [0.25, 0.3) is 0 Å². The summed E-state index contributed by atoms with van der Waals surface area (Å²) in [6, 6.07) is 8.20. The Balaban J connectivity index is 2.53. The van der Waals surface area contributed by atoms with Crippen LogP contribution in [-0.4, -0.2) is 12.6 Å². The van der Waals surface area contributed by atoms with Crippen molar-refractivity contribution in [2.75, 3.05) is 7.11 Å². The molecule has 0 bridgehead atoms. The molecule has 90 valence electrons. The third-order valence-corrected chi connectivity index (χ3v) is 2.78. The minimum absolute atomic E-state index is 0.206. The summed E-state index contributed by atoms with van der Waals surface area (Å²) in [5.41, 5.74) is 1.47. The van der Waals surface area contributed by atoms with Crippen molar-refractivity contribution in [1.29, 1.82) is 0 Å². The third-order valence-electron chi connectivity index (χ3n) is 2.78. The quantitative estimate of drug-likeness (QED) is 0.795. The van der Waals surface area contributed by atoms with Crippen LogP contribution in [0.1, 0.15) is 39.2 Å². The second-order valence-electron chi connectivity index (χ2n) is 4.84. The van der Waals surface area contributed by atoms with Crippen molar-refractivity contribution in [3.8, 4) is 5.75 Å². The molecule has 0 radical (unpaired) electrons. The molecule has 0 amide bonds. The van der Waals surface area contributed by atoms with Crippen LogP contribution in [0.4, 0.5) is 0 Å². The van der Waals surface area contributed by atoms with E-state index in [-0.39, 0.29) is 5.54 Å². The fourth-order valence-corrected chi connectivity index (χ4v) is 1.84. The molecule has 0 aromatic heterocycles. The zero-order valence-electron chi connectivity index (χ0n) is 10.8.